The van der Waals surface area contributed by atoms with E-state index in [-0.39, 0.29) is 82.7 Å². The van der Waals surface area contributed by atoms with E-state index in [1.807, 2.05) is 6.07 Å². The lowest BCUT2D eigenvalue weighted by Gasteiger charge is -2.53. The maximum absolute atomic E-state index is 12.0. The van der Waals surface area contributed by atoms with Crippen LogP contribution >= 0.6 is 21.6 Å². The van der Waals surface area contributed by atoms with E-state index < -0.39 is 37.1 Å². The minimum Gasteiger partial charge on any atom is -0.504 e. The summed E-state index contributed by atoms with van der Waals surface area (Å²) in [6.07, 6.45) is 6.68. The number of carbonyl (C=O) groups is 1. The van der Waals surface area contributed by atoms with Crippen molar-refractivity contribution in [3.63, 3.8) is 0 Å². The number of phenolic OH excluding ortho intramolecular Hbond substituents is 2. The predicted molar refractivity (Wildman–Crippen MR) is 264 cm³/mol. The van der Waals surface area contributed by atoms with Crippen molar-refractivity contribution in [3.8, 4) is 40.6 Å². The van der Waals surface area contributed by atoms with Gasteiger partial charge in [-0.3, -0.25) is 4.79 Å². The SMILES string of the molecule is COc1cc(C[C@@H]2[C@H](O)CSS[C@@H](CCO)c3cc(O)c(O[C@@H]4CC[C@H]5CNCCC#C[C@@]6(C[C@H](C)CC[C@@H]6CC[C@H](O)[C@@H]6CNC(=O)C6)[C@@H]5C4)cc3CC[C@H](OCO)C[C@H]2O)cc(OC)c1O. The van der Waals surface area contributed by atoms with Crippen molar-refractivity contribution in [2.75, 3.05) is 53.0 Å². The van der Waals surface area contributed by atoms with E-state index in [1.165, 1.54) is 35.8 Å². The summed E-state index contributed by atoms with van der Waals surface area (Å²) < 4.78 is 23.6. The second kappa shape index (κ2) is 24.8. The monoisotopic (exact) mass is 984 g/mol. The molecule has 0 aromatic heterocycles. The Morgan fingerprint density at radius 1 is 0.926 bits per heavy atom. The van der Waals surface area contributed by atoms with Gasteiger partial charge in [-0.15, -0.1) is 5.92 Å². The van der Waals surface area contributed by atoms with Gasteiger partial charge in [-0.05, 0) is 148 Å². The van der Waals surface area contributed by atoms with E-state index in [4.69, 9.17) is 18.9 Å². The van der Waals surface area contributed by atoms with E-state index in [1.54, 1.807) is 18.2 Å². The first-order valence-corrected chi connectivity index (χ1v) is 27.3. The van der Waals surface area contributed by atoms with Crippen molar-refractivity contribution >= 4 is 27.5 Å². The number of nitrogens with one attached hydrogen (secondary N) is 2. The van der Waals surface area contributed by atoms with Crippen molar-refractivity contribution in [1.29, 1.82) is 0 Å². The van der Waals surface area contributed by atoms with Crippen LogP contribution in [0.15, 0.2) is 24.3 Å². The lowest BCUT2D eigenvalue weighted by Crippen LogP contribution is -2.50. The zero-order valence-electron chi connectivity index (χ0n) is 40.1. The Bertz CT molecular complexity index is 2010. The van der Waals surface area contributed by atoms with E-state index in [9.17, 15) is 40.5 Å². The quantitative estimate of drug-likeness (QED) is 0.0600. The molecule has 5 aliphatic rings. The number of carbonyl (C=O) groups excluding carboxylic acids is 1. The minimum atomic E-state index is -1.03. The Hall–Kier alpha value is -3.11. The van der Waals surface area contributed by atoms with Gasteiger partial charge in [0, 0.05) is 60.8 Å². The summed E-state index contributed by atoms with van der Waals surface area (Å²) in [6, 6.07) is 7.02. The largest absolute Gasteiger partial charge is 0.504 e. The summed E-state index contributed by atoms with van der Waals surface area (Å²) in [5, 5.41) is 83.9. The highest BCUT2D eigenvalue weighted by molar-refractivity contribution is 8.76. The first-order valence-electron chi connectivity index (χ1n) is 25.0. The van der Waals surface area contributed by atoms with Gasteiger partial charge in [0.05, 0.1) is 44.7 Å². The molecule has 68 heavy (non-hydrogen) atoms. The first-order chi connectivity index (χ1) is 32.9. The summed E-state index contributed by atoms with van der Waals surface area (Å²) in [7, 11) is 5.83. The van der Waals surface area contributed by atoms with Crippen molar-refractivity contribution < 1.29 is 59.5 Å². The van der Waals surface area contributed by atoms with Crippen LogP contribution < -0.4 is 24.8 Å². The van der Waals surface area contributed by atoms with Crippen LogP contribution in [0.1, 0.15) is 112 Å². The van der Waals surface area contributed by atoms with Gasteiger partial charge in [0.15, 0.2) is 23.0 Å². The van der Waals surface area contributed by atoms with Crippen LogP contribution in [0.5, 0.6) is 28.7 Å². The molecule has 7 rings (SSSR count). The van der Waals surface area contributed by atoms with E-state index in [2.05, 4.69) is 29.4 Å². The van der Waals surface area contributed by atoms with E-state index >= 15 is 0 Å². The molecule has 3 heterocycles. The molecule has 1 saturated heterocycles. The first kappa shape index (κ1) is 52.7. The number of fused-ring (bicyclic) bond motifs is 3. The number of ether oxygens (including phenoxy) is 4. The van der Waals surface area contributed by atoms with Crippen LogP contribution in [-0.2, 0) is 22.4 Å². The molecular formula is C52H76N2O12S2. The molecule has 13 atom stereocenters. The van der Waals surface area contributed by atoms with Crippen molar-refractivity contribution in [2.24, 2.45) is 40.9 Å². The number of hydrogen-bond acceptors (Lipinski definition) is 15. The highest BCUT2D eigenvalue weighted by Gasteiger charge is 2.52. The van der Waals surface area contributed by atoms with Crippen molar-refractivity contribution in [1.82, 2.24) is 10.6 Å². The number of amides is 1. The molecule has 1 spiro atoms. The molecular weight excluding hydrogens is 909 g/mol. The fourth-order valence-corrected chi connectivity index (χ4v) is 15.0. The lowest BCUT2D eigenvalue weighted by atomic mass is 9.51. The normalized spacial score (nSPS) is 33.1. The smallest absolute Gasteiger partial charge is 0.220 e. The molecule has 2 aromatic carbocycles. The summed E-state index contributed by atoms with van der Waals surface area (Å²) in [5.41, 5.74) is 2.19. The number of aryl methyl sites for hydroxylation is 1. The van der Waals surface area contributed by atoms with E-state index in [0.29, 0.717) is 67.7 Å². The molecule has 9 N–H and O–H groups in total. The molecule has 378 valence electrons. The summed E-state index contributed by atoms with van der Waals surface area (Å²) in [5.74, 6) is 9.22. The molecule has 2 aromatic rings. The average Bonchev–Trinajstić information content (AvgIpc) is 3.80. The molecule has 0 bridgehead atoms. The van der Waals surface area contributed by atoms with Crippen LogP contribution in [0.4, 0.5) is 0 Å². The summed E-state index contributed by atoms with van der Waals surface area (Å²) in [6.45, 7) is 3.97. The van der Waals surface area contributed by atoms with Crippen molar-refractivity contribution in [2.45, 2.75) is 139 Å². The number of methoxy groups -OCH3 is 2. The number of benzene rings is 2. The molecule has 1 amide bonds. The molecule has 2 saturated carbocycles. The van der Waals surface area contributed by atoms with Gasteiger partial charge in [-0.2, -0.15) is 0 Å². The Labute approximate surface area is 410 Å². The maximum atomic E-state index is 12.0. The van der Waals surface area contributed by atoms with E-state index in [0.717, 1.165) is 75.6 Å². The summed E-state index contributed by atoms with van der Waals surface area (Å²) >= 11 is 0. The van der Waals surface area contributed by atoms with Crippen LogP contribution in [-0.4, -0.2) is 125 Å². The molecule has 2 aliphatic carbocycles. The number of aromatic hydroxyl groups is 2. The van der Waals surface area contributed by atoms with Crippen LogP contribution in [0.25, 0.3) is 0 Å². The Morgan fingerprint density at radius 2 is 1.72 bits per heavy atom. The standard InChI is InChI=1S/C52H76N2O12S2/c1-31-6-9-36(10-13-42(57)35-22-50(61)54-28-35)52(26-31)15-4-5-16-53-27-34-8-12-38(23-41(34)52)66-46-21-33-7-11-37(65-30-56)24-43(58)40(18-32-19-47(63-2)51(62)48(20-32)64-3)45(60)29-67-68-49(14-17-55)39(33)25-44(46)59/h19-21,25,31,34-38,40-43,45,49,53,55-60,62H,5-14,16-18,22-24,26-30H2,1-3H3,(H,54,61)/t31-,34+,35+,36-,37+,38-,40+,41-,42+,43-,45-,49+,52+/m1/s1. The molecule has 14 nitrogen and oxygen atoms in total. The van der Waals surface area contributed by atoms with Gasteiger partial charge in [0.25, 0.3) is 0 Å². The number of hydrogen-bond donors (Lipinski definition) is 9. The van der Waals surface area contributed by atoms with Crippen LogP contribution in [0.3, 0.4) is 0 Å². The topological polar surface area (TPSA) is 220 Å². The molecule has 16 heteroatoms. The zero-order chi connectivity index (χ0) is 48.4. The van der Waals surface area contributed by atoms with Gasteiger partial charge in [0.1, 0.15) is 6.79 Å². The maximum Gasteiger partial charge on any atom is 0.220 e. The highest BCUT2D eigenvalue weighted by Crippen LogP contribution is 2.57. The fraction of sp³-hybridized carbons (Fsp3) is 0.712. The average molecular weight is 985 g/mol. The van der Waals surface area contributed by atoms with Crippen LogP contribution in [0, 0.1) is 52.8 Å². The number of aliphatic hydroxyl groups excluding tert-OH is 5. The lowest BCUT2D eigenvalue weighted by molar-refractivity contribution is -0.119. The zero-order valence-corrected chi connectivity index (χ0v) is 41.7. The third-order valence-electron chi connectivity index (χ3n) is 15.8. The number of aliphatic hydroxyl groups is 5. The minimum absolute atomic E-state index is 0.00980. The third kappa shape index (κ3) is 12.9. The molecule has 3 aliphatic heterocycles. The third-order valence-corrected chi connectivity index (χ3v) is 18.6. The van der Waals surface area contributed by atoms with Gasteiger partial charge in [0.2, 0.25) is 11.7 Å². The Balaban J connectivity index is 1.14. The van der Waals surface area contributed by atoms with Gasteiger partial charge in [-0.25, -0.2) is 0 Å². The molecule has 0 radical (unpaired) electrons. The van der Waals surface area contributed by atoms with Crippen molar-refractivity contribution in [3.05, 3.63) is 41.0 Å². The Morgan fingerprint density at radius 3 is 2.44 bits per heavy atom. The second-order valence-corrected chi connectivity index (χ2v) is 22.8. The molecule has 3 fully saturated rings. The number of phenols is 2. The number of rotatable bonds is 14. The summed E-state index contributed by atoms with van der Waals surface area (Å²) in [4.78, 5) is 12.0. The van der Waals surface area contributed by atoms with Gasteiger partial charge >= 0.3 is 0 Å². The van der Waals surface area contributed by atoms with Gasteiger partial charge in [-0.1, -0.05) is 40.9 Å². The van der Waals surface area contributed by atoms with Gasteiger partial charge < -0.3 is 65.3 Å². The second-order valence-electron chi connectivity index (χ2n) is 20.2. The Kier molecular flexibility index (Phi) is 19.2. The fourth-order valence-electron chi connectivity index (χ4n) is 12.1. The van der Waals surface area contributed by atoms with Crippen LogP contribution in [0.2, 0.25) is 0 Å². The molecule has 0 unspecified atom stereocenters. The highest BCUT2D eigenvalue weighted by atomic mass is 33.1. The predicted octanol–water partition coefficient (Wildman–Crippen LogP) is 6.03.